The first-order chi connectivity index (χ1) is 15.1. The molecule has 192 valence electrons. The van der Waals surface area contributed by atoms with E-state index in [1.165, 1.54) is 0 Å². The van der Waals surface area contributed by atoms with Crippen molar-refractivity contribution < 1.29 is 14.4 Å². The second-order valence-electron chi connectivity index (χ2n) is 9.45. The van der Waals surface area contributed by atoms with Gasteiger partial charge in [-0.3, -0.25) is 14.4 Å². The highest BCUT2D eigenvalue weighted by molar-refractivity contribution is 6.08. The zero-order valence-electron chi connectivity index (χ0n) is 20.7. The molecule has 0 saturated carbocycles. The van der Waals surface area contributed by atoms with Gasteiger partial charge in [0, 0.05) is 26.2 Å². The van der Waals surface area contributed by atoms with Crippen LogP contribution in [0, 0.1) is 11.8 Å². The van der Waals surface area contributed by atoms with E-state index in [0.717, 1.165) is 13.1 Å². The van der Waals surface area contributed by atoms with E-state index in [0.29, 0.717) is 24.3 Å². The highest BCUT2D eigenvalue weighted by Gasteiger charge is 2.52. The molecule has 10 heteroatoms. The van der Waals surface area contributed by atoms with Crippen LogP contribution in [0.4, 0.5) is 5.69 Å². The number of para-hydroxylation sites is 1. The van der Waals surface area contributed by atoms with Crippen LogP contribution in [0.3, 0.4) is 0 Å². The quantitative estimate of drug-likeness (QED) is 0.579. The van der Waals surface area contributed by atoms with E-state index in [4.69, 9.17) is 5.73 Å². The molecule has 3 rings (SSSR count). The maximum Gasteiger partial charge on any atom is 0.253 e. The fraction of sp³-hybridized carbons (Fsp3) is 0.625. The van der Waals surface area contributed by atoms with Gasteiger partial charge in [0.05, 0.1) is 28.7 Å². The molecule has 1 aromatic rings. The van der Waals surface area contributed by atoms with Gasteiger partial charge in [-0.15, -0.1) is 24.8 Å². The van der Waals surface area contributed by atoms with E-state index < -0.39 is 17.5 Å². The van der Waals surface area contributed by atoms with Crippen molar-refractivity contribution >= 4 is 48.2 Å². The van der Waals surface area contributed by atoms with Gasteiger partial charge in [-0.1, -0.05) is 39.8 Å². The maximum atomic E-state index is 13.9. The molecule has 2 heterocycles. The number of fused-ring (bicyclic) bond motifs is 2. The molecule has 2 aliphatic rings. The smallest absolute Gasteiger partial charge is 0.253 e. The van der Waals surface area contributed by atoms with Crippen LogP contribution >= 0.6 is 24.8 Å². The first-order valence-electron chi connectivity index (χ1n) is 11.6. The van der Waals surface area contributed by atoms with Crippen molar-refractivity contribution in [1.29, 1.82) is 0 Å². The number of halogens is 2. The zero-order chi connectivity index (χ0) is 23.6. The van der Waals surface area contributed by atoms with Gasteiger partial charge < -0.3 is 25.8 Å². The first-order valence-corrected chi connectivity index (χ1v) is 11.6. The average Bonchev–Trinajstić information content (AvgIpc) is 3.11. The summed E-state index contributed by atoms with van der Waals surface area (Å²) in [5.41, 5.74) is 6.36. The summed E-state index contributed by atoms with van der Waals surface area (Å²) in [5.74, 6) is -1.03. The number of likely N-dealkylation sites (tertiary alicyclic amines) is 1. The lowest BCUT2D eigenvalue weighted by molar-refractivity contribution is -0.132. The van der Waals surface area contributed by atoms with Crippen LogP contribution < -0.4 is 16.0 Å². The minimum atomic E-state index is -0.860. The lowest BCUT2D eigenvalue weighted by Gasteiger charge is -2.38. The van der Waals surface area contributed by atoms with Crippen molar-refractivity contribution in [2.45, 2.75) is 46.2 Å². The average molecular weight is 517 g/mol. The Balaban J connectivity index is 0.00000289. The first kappa shape index (κ1) is 30.2. The van der Waals surface area contributed by atoms with Crippen molar-refractivity contribution in [1.82, 2.24) is 15.1 Å². The Labute approximate surface area is 215 Å². The number of rotatable bonds is 7. The Hall–Kier alpha value is -1.87. The summed E-state index contributed by atoms with van der Waals surface area (Å²) in [7, 11) is 0. The van der Waals surface area contributed by atoms with Crippen LogP contribution in [-0.4, -0.2) is 78.4 Å². The summed E-state index contributed by atoms with van der Waals surface area (Å²) < 4.78 is 0. The van der Waals surface area contributed by atoms with Crippen LogP contribution in [0.2, 0.25) is 0 Å². The Morgan fingerprint density at radius 3 is 2.41 bits per heavy atom. The van der Waals surface area contributed by atoms with Crippen molar-refractivity contribution in [3.63, 3.8) is 0 Å². The molecule has 1 fully saturated rings. The summed E-state index contributed by atoms with van der Waals surface area (Å²) in [6.07, 6.45) is 0. The van der Waals surface area contributed by atoms with Gasteiger partial charge >= 0.3 is 0 Å². The van der Waals surface area contributed by atoms with E-state index >= 15 is 0 Å². The summed E-state index contributed by atoms with van der Waals surface area (Å²) in [5, 5.41) is 3.07. The Bertz CT molecular complexity index is 880. The standard InChI is InChI=1S/C24H37N5O3.2ClH/c1-6-27(7-2)12-13-29-19-11-9-8-10-17(19)21(30)26-24(5)15-28(14-18(24)22(29)31)23(32)20(25)16(3)4;;/h8-11,16,18,20H,6-7,12-15,25H2,1-5H3,(H,26,30);2*1H/t18-,20?,24-;;/m0../s1. The number of nitrogens with one attached hydrogen (secondary N) is 1. The predicted molar refractivity (Wildman–Crippen MR) is 140 cm³/mol. The molecule has 3 N–H and O–H groups in total. The minimum Gasteiger partial charge on any atom is -0.344 e. The summed E-state index contributed by atoms with van der Waals surface area (Å²) in [6.45, 7) is 13.3. The van der Waals surface area contributed by atoms with E-state index in [1.807, 2.05) is 32.9 Å². The third kappa shape index (κ3) is 5.85. The normalized spacial score (nSPS) is 22.8. The van der Waals surface area contributed by atoms with Crippen molar-refractivity contribution in [2.75, 3.05) is 44.2 Å². The van der Waals surface area contributed by atoms with Gasteiger partial charge in [0.15, 0.2) is 0 Å². The molecule has 1 saturated heterocycles. The third-order valence-corrected chi connectivity index (χ3v) is 6.94. The van der Waals surface area contributed by atoms with Crippen LogP contribution in [0.15, 0.2) is 24.3 Å². The van der Waals surface area contributed by atoms with Crippen molar-refractivity contribution in [3.05, 3.63) is 29.8 Å². The van der Waals surface area contributed by atoms with Gasteiger partial charge in [-0.2, -0.15) is 0 Å². The summed E-state index contributed by atoms with van der Waals surface area (Å²) in [6, 6.07) is 6.59. The molecule has 0 spiro atoms. The summed E-state index contributed by atoms with van der Waals surface area (Å²) in [4.78, 5) is 45.8. The maximum absolute atomic E-state index is 13.9. The SMILES string of the molecule is CCN(CC)CCN1C(=O)[C@@H]2CN(C(=O)C(N)C(C)C)C[C@]2(C)NC(=O)c2ccccc21.Cl.Cl. The number of amides is 3. The lowest BCUT2D eigenvalue weighted by atomic mass is 9.86. The molecule has 0 aliphatic carbocycles. The number of nitrogens with two attached hydrogens (primary N) is 1. The predicted octanol–water partition coefficient (Wildman–Crippen LogP) is 2.15. The van der Waals surface area contributed by atoms with E-state index in [1.54, 1.807) is 21.9 Å². The number of carbonyl (C=O) groups excluding carboxylic acids is 3. The number of anilines is 1. The largest absolute Gasteiger partial charge is 0.344 e. The Morgan fingerprint density at radius 2 is 1.82 bits per heavy atom. The minimum absolute atomic E-state index is 0. The molecule has 34 heavy (non-hydrogen) atoms. The highest BCUT2D eigenvalue weighted by atomic mass is 35.5. The summed E-state index contributed by atoms with van der Waals surface area (Å²) >= 11 is 0. The number of hydrogen-bond donors (Lipinski definition) is 2. The van der Waals surface area contributed by atoms with Gasteiger partial charge in [0.2, 0.25) is 11.8 Å². The van der Waals surface area contributed by atoms with Crippen molar-refractivity contribution in [2.24, 2.45) is 17.6 Å². The molecule has 0 aromatic heterocycles. The molecule has 3 atom stereocenters. The second kappa shape index (κ2) is 12.2. The molecule has 1 aromatic carbocycles. The number of hydrogen-bond acceptors (Lipinski definition) is 5. The van der Waals surface area contributed by atoms with E-state index in [-0.39, 0.29) is 61.5 Å². The van der Waals surface area contributed by atoms with Crippen LogP contribution in [0.1, 0.15) is 45.0 Å². The Kier molecular flexibility index (Phi) is 10.8. The van der Waals surface area contributed by atoms with Gasteiger partial charge in [-0.05, 0) is 38.1 Å². The second-order valence-corrected chi connectivity index (χ2v) is 9.45. The van der Waals surface area contributed by atoms with Crippen LogP contribution in [0.25, 0.3) is 0 Å². The van der Waals surface area contributed by atoms with Crippen molar-refractivity contribution in [3.8, 4) is 0 Å². The van der Waals surface area contributed by atoms with Gasteiger partial charge in [0.1, 0.15) is 0 Å². The number of benzene rings is 1. The molecule has 0 radical (unpaired) electrons. The third-order valence-electron chi connectivity index (χ3n) is 6.94. The van der Waals surface area contributed by atoms with Crippen LogP contribution in [-0.2, 0) is 9.59 Å². The monoisotopic (exact) mass is 515 g/mol. The molecule has 3 amide bonds. The number of likely N-dealkylation sites (N-methyl/N-ethyl adjacent to an activating group) is 1. The highest BCUT2D eigenvalue weighted by Crippen LogP contribution is 2.35. The molecule has 8 nitrogen and oxygen atoms in total. The number of carbonyl (C=O) groups is 3. The van der Waals surface area contributed by atoms with Gasteiger partial charge in [0.25, 0.3) is 5.91 Å². The molecule has 2 aliphatic heterocycles. The molecular formula is C24H39Cl2N5O3. The Morgan fingerprint density at radius 1 is 1.21 bits per heavy atom. The van der Waals surface area contributed by atoms with Gasteiger partial charge in [-0.25, -0.2) is 0 Å². The van der Waals surface area contributed by atoms with E-state index in [9.17, 15) is 14.4 Å². The molecule has 1 unspecified atom stereocenters. The fourth-order valence-electron chi connectivity index (χ4n) is 4.68. The van der Waals surface area contributed by atoms with Crippen LogP contribution in [0.5, 0.6) is 0 Å². The molecule has 0 bridgehead atoms. The molecular weight excluding hydrogens is 477 g/mol. The topological polar surface area (TPSA) is 99.0 Å². The zero-order valence-corrected chi connectivity index (χ0v) is 22.4. The van der Waals surface area contributed by atoms with E-state index in [2.05, 4.69) is 24.1 Å². The lowest BCUT2D eigenvalue weighted by Crippen LogP contribution is -2.59. The number of nitrogens with zero attached hydrogens (tertiary/aromatic N) is 3. The fourth-order valence-corrected chi connectivity index (χ4v) is 4.68.